The van der Waals surface area contributed by atoms with Gasteiger partial charge in [-0.15, -0.1) is 11.3 Å². The Kier molecular flexibility index (Phi) is 5.34. The topological polar surface area (TPSA) is 72.2 Å². The molecular formula is C13H15BrN2O2S2. The Bertz CT molecular complexity index is 683. The van der Waals surface area contributed by atoms with Crippen LogP contribution in [0, 0.1) is 0 Å². The van der Waals surface area contributed by atoms with E-state index in [0.29, 0.717) is 19.5 Å². The highest BCUT2D eigenvalue weighted by atomic mass is 79.9. The lowest BCUT2D eigenvalue weighted by molar-refractivity contribution is 0.581. The fourth-order valence-corrected chi connectivity index (χ4v) is 4.30. The molecule has 0 saturated heterocycles. The maximum atomic E-state index is 12.1. The van der Waals surface area contributed by atoms with Crippen LogP contribution in [-0.4, -0.2) is 15.0 Å². The summed E-state index contributed by atoms with van der Waals surface area (Å²) in [6.45, 7) is 0.703. The van der Waals surface area contributed by atoms with Crippen LogP contribution >= 0.6 is 27.3 Å². The van der Waals surface area contributed by atoms with E-state index in [1.165, 1.54) is 0 Å². The van der Waals surface area contributed by atoms with Gasteiger partial charge in [0.25, 0.3) is 0 Å². The Morgan fingerprint density at radius 2 is 2.05 bits per heavy atom. The van der Waals surface area contributed by atoms with Gasteiger partial charge < -0.3 is 5.73 Å². The molecule has 0 unspecified atom stereocenters. The van der Waals surface area contributed by atoms with Crippen LogP contribution < -0.4 is 10.5 Å². The lowest BCUT2D eigenvalue weighted by Crippen LogP contribution is -2.26. The SMILES string of the molecule is NCc1cccc(S(=O)(=O)NCCc2ccc(Br)s2)c1. The highest BCUT2D eigenvalue weighted by molar-refractivity contribution is 9.11. The molecule has 4 nitrogen and oxygen atoms in total. The normalized spacial score (nSPS) is 11.7. The van der Waals surface area contributed by atoms with Crippen molar-refractivity contribution in [3.63, 3.8) is 0 Å². The average Bonchev–Trinajstić information content (AvgIpc) is 2.84. The largest absolute Gasteiger partial charge is 0.326 e. The Morgan fingerprint density at radius 1 is 1.25 bits per heavy atom. The van der Waals surface area contributed by atoms with E-state index in [1.54, 1.807) is 29.5 Å². The van der Waals surface area contributed by atoms with Crippen LogP contribution in [0.2, 0.25) is 0 Å². The molecule has 0 fully saturated rings. The van der Waals surface area contributed by atoms with Gasteiger partial charge in [0.1, 0.15) is 0 Å². The summed E-state index contributed by atoms with van der Waals surface area (Å²) in [6.07, 6.45) is 0.673. The molecule has 2 aromatic rings. The van der Waals surface area contributed by atoms with E-state index >= 15 is 0 Å². The van der Waals surface area contributed by atoms with Crippen molar-refractivity contribution in [3.05, 3.63) is 50.6 Å². The highest BCUT2D eigenvalue weighted by Crippen LogP contribution is 2.22. The third-order valence-corrected chi connectivity index (χ3v) is 5.88. The molecule has 0 bridgehead atoms. The smallest absolute Gasteiger partial charge is 0.240 e. The summed E-state index contributed by atoms with van der Waals surface area (Å²) in [6, 6.07) is 10.6. The molecule has 0 aliphatic rings. The number of benzene rings is 1. The number of halogens is 1. The number of hydrogen-bond acceptors (Lipinski definition) is 4. The number of nitrogens with two attached hydrogens (primary N) is 1. The van der Waals surface area contributed by atoms with Gasteiger partial charge in [0.05, 0.1) is 8.68 Å². The third kappa shape index (κ3) is 4.13. The van der Waals surface area contributed by atoms with Gasteiger partial charge in [-0.1, -0.05) is 12.1 Å². The van der Waals surface area contributed by atoms with Crippen LogP contribution in [0.4, 0.5) is 0 Å². The second-order valence-corrected chi connectivity index (χ2v) is 8.52. The van der Waals surface area contributed by atoms with Crippen molar-refractivity contribution in [2.75, 3.05) is 6.54 Å². The van der Waals surface area contributed by atoms with Gasteiger partial charge in [-0.05, 0) is 52.2 Å². The monoisotopic (exact) mass is 374 g/mol. The summed E-state index contributed by atoms with van der Waals surface area (Å²) in [5, 5.41) is 0. The lowest BCUT2D eigenvalue weighted by Gasteiger charge is -2.07. The zero-order valence-corrected chi connectivity index (χ0v) is 13.9. The molecule has 7 heteroatoms. The van der Waals surface area contributed by atoms with Gasteiger partial charge in [-0.2, -0.15) is 0 Å². The molecular weight excluding hydrogens is 360 g/mol. The van der Waals surface area contributed by atoms with E-state index in [9.17, 15) is 8.42 Å². The molecule has 2 rings (SSSR count). The van der Waals surface area contributed by atoms with E-state index in [0.717, 1.165) is 14.2 Å². The van der Waals surface area contributed by atoms with E-state index in [2.05, 4.69) is 20.7 Å². The fraction of sp³-hybridized carbons (Fsp3) is 0.231. The van der Waals surface area contributed by atoms with Gasteiger partial charge >= 0.3 is 0 Å². The van der Waals surface area contributed by atoms with Gasteiger partial charge in [0, 0.05) is 18.0 Å². The minimum absolute atomic E-state index is 0.257. The Hall–Kier alpha value is -0.730. The van der Waals surface area contributed by atoms with Crippen LogP contribution in [0.15, 0.2) is 45.1 Å². The maximum absolute atomic E-state index is 12.1. The van der Waals surface area contributed by atoms with E-state index in [1.807, 2.05) is 18.2 Å². The number of thiophene rings is 1. The van der Waals surface area contributed by atoms with Crippen molar-refractivity contribution in [3.8, 4) is 0 Å². The minimum Gasteiger partial charge on any atom is -0.326 e. The molecule has 0 amide bonds. The number of rotatable bonds is 6. The first-order valence-electron chi connectivity index (χ1n) is 6.04. The molecule has 0 atom stereocenters. The lowest BCUT2D eigenvalue weighted by atomic mass is 10.2. The summed E-state index contributed by atoms with van der Waals surface area (Å²) in [5.41, 5.74) is 6.32. The molecule has 20 heavy (non-hydrogen) atoms. The third-order valence-electron chi connectivity index (χ3n) is 2.74. The zero-order chi connectivity index (χ0) is 14.6. The van der Waals surface area contributed by atoms with Crippen LogP contribution in [0.25, 0.3) is 0 Å². The number of nitrogens with one attached hydrogen (secondary N) is 1. The molecule has 0 aliphatic carbocycles. The number of hydrogen-bond donors (Lipinski definition) is 2. The van der Waals surface area contributed by atoms with Crippen LogP contribution in [0.1, 0.15) is 10.4 Å². The fourth-order valence-electron chi connectivity index (χ4n) is 1.72. The van der Waals surface area contributed by atoms with E-state index in [4.69, 9.17) is 5.73 Å². The first-order chi connectivity index (χ1) is 9.51. The van der Waals surface area contributed by atoms with Crippen molar-refractivity contribution in [1.82, 2.24) is 4.72 Å². The van der Waals surface area contributed by atoms with Crippen molar-refractivity contribution in [2.24, 2.45) is 5.73 Å². The minimum atomic E-state index is -3.47. The molecule has 1 aromatic heterocycles. The molecule has 1 heterocycles. The first kappa shape index (κ1) is 15.7. The Labute approximate surface area is 131 Å². The van der Waals surface area contributed by atoms with E-state index in [-0.39, 0.29) is 4.90 Å². The van der Waals surface area contributed by atoms with Gasteiger partial charge in [0.2, 0.25) is 10.0 Å². The molecule has 0 spiro atoms. The molecule has 0 saturated carbocycles. The van der Waals surface area contributed by atoms with Gasteiger partial charge in [-0.3, -0.25) is 0 Å². The van der Waals surface area contributed by atoms with Gasteiger partial charge in [0.15, 0.2) is 0 Å². The average molecular weight is 375 g/mol. The van der Waals surface area contributed by atoms with E-state index < -0.39 is 10.0 Å². The first-order valence-corrected chi connectivity index (χ1v) is 9.13. The van der Waals surface area contributed by atoms with Crippen LogP contribution in [0.5, 0.6) is 0 Å². The van der Waals surface area contributed by atoms with Crippen molar-refractivity contribution in [2.45, 2.75) is 17.9 Å². The standard InChI is InChI=1S/C13H15BrN2O2S2/c14-13-5-4-11(19-13)6-7-16-20(17,18)12-3-1-2-10(8-12)9-15/h1-5,8,16H,6-7,9,15H2. The maximum Gasteiger partial charge on any atom is 0.240 e. The molecule has 1 aromatic carbocycles. The van der Waals surface area contributed by atoms with Crippen molar-refractivity contribution < 1.29 is 8.42 Å². The van der Waals surface area contributed by atoms with Crippen molar-refractivity contribution >= 4 is 37.3 Å². The molecule has 0 aliphatic heterocycles. The van der Waals surface area contributed by atoms with Crippen LogP contribution in [-0.2, 0) is 23.0 Å². The quantitative estimate of drug-likeness (QED) is 0.815. The summed E-state index contributed by atoms with van der Waals surface area (Å²) < 4.78 is 27.9. The highest BCUT2D eigenvalue weighted by Gasteiger charge is 2.13. The van der Waals surface area contributed by atoms with Gasteiger partial charge in [-0.25, -0.2) is 13.1 Å². The Morgan fingerprint density at radius 3 is 2.70 bits per heavy atom. The second-order valence-electron chi connectivity index (χ2n) is 4.21. The van der Waals surface area contributed by atoms with Crippen LogP contribution in [0.3, 0.4) is 0 Å². The second kappa shape index (κ2) is 6.82. The summed E-state index contributed by atoms with van der Waals surface area (Å²) in [7, 11) is -3.47. The summed E-state index contributed by atoms with van der Waals surface area (Å²) in [5.74, 6) is 0. The zero-order valence-electron chi connectivity index (χ0n) is 10.7. The predicted octanol–water partition coefficient (Wildman–Crippen LogP) is 2.49. The molecule has 3 N–H and O–H groups in total. The summed E-state index contributed by atoms with van der Waals surface area (Å²) >= 11 is 4.99. The van der Waals surface area contributed by atoms with Crippen molar-refractivity contribution in [1.29, 1.82) is 0 Å². The molecule has 0 radical (unpaired) electrons. The predicted molar refractivity (Wildman–Crippen MR) is 85.2 cm³/mol. The number of sulfonamides is 1. The molecule has 108 valence electrons. The Balaban J connectivity index is 2.00. The summed E-state index contributed by atoms with van der Waals surface area (Å²) in [4.78, 5) is 1.39.